The van der Waals surface area contributed by atoms with E-state index in [1.165, 1.54) is 37.8 Å². The molecule has 3 rings (SSSR count). The molecule has 3 atom stereocenters. The van der Waals surface area contributed by atoms with E-state index in [-0.39, 0.29) is 0 Å². The maximum Gasteiger partial charge on any atom is 0.0828 e. The lowest BCUT2D eigenvalue weighted by Crippen LogP contribution is -2.45. The molecule has 1 aromatic carbocycles. The van der Waals surface area contributed by atoms with Crippen molar-refractivity contribution in [1.82, 2.24) is 0 Å². The number of benzene rings is 1. The van der Waals surface area contributed by atoms with Crippen molar-refractivity contribution in [3.8, 4) is 0 Å². The van der Waals surface area contributed by atoms with Crippen LogP contribution in [0.15, 0.2) is 35.5 Å². The fourth-order valence-corrected chi connectivity index (χ4v) is 3.99. The van der Waals surface area contributed by atoms with Crippen LogP contribution in [0.5, 0.6) is 0 Å². The van der Waals surface area contributed by atoms with Gasteiger partial charge in [0.2, 0.25) is 0 Å². The number of para-hydroxylation sites is 1. The largest absolute Gasteiger partial charge is 0.411 e. The second kappa shape index (κ2) is 5.86. The highest BCUT2D eigenvalue weighted by molar-refractivity contribution is 5.97. The zero-order valence-corrected chi connectivity index (χ0v) is 12.2. The first-order valence-electron chi connectivity index (χ1n) is 7.88. The zero-order chi connectivity index (χ0) is 13.9. The van der Waals surface area contributed by atoms with Gasteiger partial charge in [0, 0.05) is 18.2 Å². The molecule has 3 heteroatoms. The van der Waals surface area contributed by atoms with Crippen LogP contribution in [0, 0.1) is 11.8 Å². The van der Waals surface area contributed by atoms with Gasteiger partial charge in [-0.1, -0.05) is 36.7 Å². The van der Waals surface area contributed by atoms with E-state index in [1.807, 2.05) is 0 Å². The molecule has 2 aliphatic carbocycles. The average molecular weight is 272 g/mol. The third-order valence-corrected chi connectivity index (χ3v) is 4.93. The van der Waals surface area contributed by atoms with Gasteiger partial charge in [-0.05, 0) is 43.7 Å². The molecule has 1 N–H and O–H groups in total. The SMILES string of the molecule is CCCCN(c1ccccc1)C1/C(=N\O)C2CCC1C2. The van der Waals surface area contributed by atoms with Gasteiger partial charge in [-0.25, -0.2) is 0 Å². The second-order valence-corrected chi connectivity index (χ2v) is 6.12. The number of anilines is 1. The van der Waals surface area contributed by atoms with Gasteiger partial charge in [0.1, 0.15) is 0 Å². The zero-order valence-electron chi connectivity index (χ0n) is 12.2. The van der Waals surface area contributed by atoms with Crippen molar-refractivity contribution < 1.29 is 5.21 Å². The summed E-state index contributed by atoms with van der Waals surface area (Å²) >= 11 is 0. The molecule has 0 spiro atoms. The van der Waals surface area contributed by atoms with Gasteiger partial charge in [-0.2, -0.15) is 0 Å². The summed E-state index contributed by atoms with van der Waals surface area (Å²) in [5, 5.41) is 13.1. The monoisotopic (exact) mass is 272 g/mol. The van der Waals surface area contributed by atoms with Crippen LogP contribution >= 0.6 is 0 Å². The predicted molar refractivity (Wildman–Crippen MR) is 82.5 cm³/mol. The maximum absolute atomic E-state index is 9.44. The third-order valence-electron chi connectivity index (χ3n) is 4.93. The van der Waals surface area contributed by atoms with Gasteiger partial charge in [0.25, 0.3) is 0 Å². The van der Waals surface area contributed by atoms with E-state index < -0.39 is 0 Å². The quantitative estimate of drug-likeness (QED) is 0.651. The van der Waals surface area contributed by atoms with Gasteiger partial charge < -0.3 is 10.1 Å². The Morgan fingerprint density at radius 3 is 2.75 bits per heavy atom. The van der Waals surface area contributed by atoms with E-state index in [0.29, 0.717) is 17.9 Å². The van der Waals surface area contributed by atoms with Crippen molar-refractivity contribution in [1.29, 1.82) is 0 Å². The first kappa shape index (κ1) is 13.5. The first-order valence-corrected chi connectivity index (χ1v) is 7.88. The Labute approximate surface area is 121 Å². The van der Waals surface area contributed by atoms with Crippen LogP contribution in [0.2, 0.25) is 0 Å². The molecule has 20 heavy (non-hydrogen) atoms. The van der Waals surface area contributed by atoms with Gasteiger partial charge in [-0.3, -0.25) is 0 Å². The lowest BCUT2D eigenvalue weighted by Gasteiger charge is -2.36. The van der Waals surface area contributed by atoms with Crippen LogP contribution in [0.4, 0.5) is 5.69 Å². The molecule has 2 bridgehead atoms. The molecule has 0 heterocycles. The summed E-state index contributed by atoms with van der Waals surface area (Å²) in [6, 6.07) is 10.9. The van der Waals surface area contributed by atoms with Crippen molar-refractivity contribution >= 4 is 11.4 Å². The minimum absolute atomic E-state index is 0.313. The van der Waals surface area contributed by atoms with Crippen molar-refractivity contribution in [2.75, 3.05) is 11.4 Å². The molecular formula is C17H24N2O. The Hall–Kier alpha value is -1.51. The normalized spacial score (nSPS) is 30.1. The highest BCUT2D eigenvalue weighted by Crippen LogP contribution is 2.46. The van der Waals surface area contributed by atoms with Gasteiger partial charge in [0.15, 0.2) is 0 Å². The summed E-state index contributed by atoms with van der Waals surface area (Å²) in [6.45, 7) is 3.28. The maximum atomic E-state index is 9.44. The smallest absolute Gasteiger partial charge is 0.0828 e. The Kier molecular flexibility index (Phi) is 3.95. The van der Waals surface area contributed by atoms with Crippen molar-refractivity contribution in [2.24, 2.45) is 17.0 Å². The molecule has 2 aliphatic rings. The van der Waals surface area contributed by atoms with Gasteiger partial charge >= 0.3 is 0 Å². The molecule has 0 radical (unpaired) electrons. The molecule has 3 nitrogen and oxygen atoms in total. The van der Waals surface area contributed by atoms with Crippen molar-refractivity contribution in [3.63, 3.8) is 0 Å². The fraction of sp³-hybridized carbons (Fsp3) is 0.588. The van der Waals surface area contributed by atoms with Gasteiger partial charge in [-0.15, -0.1) is 0 Å². The van der Waals surface area contributed by atoms with E-state index in [1.54, 1.807) is 0 Å². The first-order chi connectivity index (χ1) is 9.85. The number of hydrogen-bond acceptors (Lipinski definition) is 3. The van der Waals surface area contributed by atoms with E-state index >= 15 is 0 Å². The molecular weight excluding hydrogens is 248 g/mol. The molecule has 1 aromatic rings. The van der Waals surface area contributed by atoms with E-state index in [0.717, 1.165) is 12.3 Å². The molecule has 0 aromatic heterocycles. The molecule has 2 saturated carbocycles. The summed E-state index contributed by atoms with van der Waals surface area (Å²) in [5.41, 5.74) is 2.29. The van der Waals surface area contributed by atoms with Gasteiger partial charge in [0.05, 0.1) is 11.8 Å². The van der Waals surface area contributed by atoms with Crippen LogP contribution < -0.4 is 4.90 Å². The number of rotatable bonds is 5. The third kappa shape index (κ3) is 2.30. The number of oxime groups is 1. The molecule has 3 unspecified atom stereocenters. The Bertz CT molecular complexity index is 471. The van der Waals surface area contributed by atoms with Crippen LogP contribution in [-0.2, 0) is 0 Å². The fourth-order valence-electron chi connectivity index (χ4n) is 3.99. The van der Waals surface area contributed by atoms with Crippen LogP contribution in [0.1, 0.15) is 39.0 Å². The Morgan fingerprint density at radius 1 is 1.25 bits per heavy atom. The molecule has 0 saturated heterocycles. The number of fused-ring (bicyclic) bond motifs is 2. The predicted octanol–water partition coefficient (Wildman–Crippen LogP) is 3.92. The summed E-state index contributed by atoms with van der Waals surface area (Å²) < 4.78 is 0. The molecule has 0 aliphatic heterocycles. The van der Waals surface area contributed by atoms with Crippen molar-refractivity contribution in [3.05, 3.63) is 30.3 Å². The molecule has 108 valence electrons. The lowest BCUT2D eigenvalue weighted by atomic mass is 9.91. The lowest BCUT2D eigenvalue weighted by molar-refractivity contribution is 0.311. The van der Waals surface area contributed by atoms with E-state index in [4.69, 9.17) is 0 Å². The highest BCUT2D eigenvalue weighted by atomic mass is 16.4. The standard InChI is InChI=1S/C17H24N2O/c1-2-3-11-19(15-7-5-4-6-8-15)17-14-10-9-13(12-14)16(17)18-20/h4-8,13-14,17,20H,2-3,9-12H2,1H3/b18-16-. The average Bonchev–Trinajstić information content (AvgIpc) is 3.10. The minimum atomic E-state index is 0.313. The van der Waals surface area contributed by atoms with E-state index in [2.05, 4.69) is 47.3 Å². The van der Waals surface area contributed by atoms with Crippen LogP contribution in [0.25, 0.3) is 0 Å². The summed E-state index contributed by atoms with van der Waals surface area (Å²) in [4.78, 5) is 2.47. The topological polar surface area (TPSA) is 35.8 Å². The van der Waals surface area contributed by atoms with E-state index in [9.17, 15) is 5.21 Å². The summed E-state index contributed by atoms with van der Waals surface area (Å²) in [7, 11) is 0. The summed E-state index contributed by atoms with van der Waals surface area (Å²) in [6.07, 6.45) is 6.07. The molecule has 2 fully saturated rings. The number of unbranched alkanes of at least 4 members (excludes halogenated alkanes) is 1. The van der Waals surface area contributed by atoms with Crippen molar-refractivity contribution in [2.45, 2.75) is 45.1 Å². The molecule has 0 amide bonds. The number of hydrogen-bond donors (Lipinski definition) is 1. The summed E-state index contributed by atoms with van der Waals surface area (Å²) in [5.74, 6) is 1.19. The highest BCUT2D eigenvalue weighted by Gasteiger charge is 2.48. The van der Waals surface area contributed by atoms with Crippen LogP contribution in [-0.4, -0.2) is 23.5 Å². The second-order valence-electron chi connectivity index (χ2n) is 6.12. The van der Waals surface area contributed by atoms with Crippen LogP contribution in [0.3, 0.4) is 0 Å². The minimum Gasteiger partial charge on any atom is -0.411 e. The Morgan fingerprint density at radius 2 is 2.05 bits per heavy atom. The number of nitrogens with zero attached hydrogens (tertiary/aromatic N) is 2. The Balaban J connectivity index is 1.89.